The molecule has 5 heteroatoms. The van der Waals surface area contributed by atoms with Crippen LogP contribution in [0, 0.1) is 5.92 Å². The molecule has 3 aromatic rings. The standard InChI is InChI=1S/C25H31N3O2/c1-28(2)16-19(22-15-27-23-7-5-4-6-21(22)23)13-25(29)18-10-11-26-24-14-20(30-3)9-8-17(24)12-18/h4-9,14-15,18-19,26-27H,10-13,16H2,1-3H3. The molecule has 2 aromatic carbocycles. The summed E-state index contributed by atoms with van der Waals surface area (Å²) in [5.41, 5.74) is 4.66. The predicted octanol–water partition coefficient (Wildman–Crippen LogP) is 4.46. The third kappa shape index (κ3) is 4.36. The first-order chi connectivity index (χ1) is 14.5. The van der Waals surface area contributed by atoms with Crippen molar-refractivity contribution in [3.63, 3.8) is 0 Å². The van der Waals surface area contributed by atoms with Crippen LogP contribution in [0.3, 0.4) is 0 Å². The zero-order valence-corrected chi connectivity index (χ0v) is 18.1. The summed E-state index contributed by atoms with van der Waals surface area (Å²) in [4.78, 5) is 19.0. The van der Waals surface area contributed by atoms with E-state index < -0.39 is 0 Å². The lowest BCUT2D eigenvalue weighted by Crippen LogP contribution is -2.26. The van der Waals surface area contributed by atoms with Crippen molar-refractivity contribution in [1.82, 2.24) is 9.88 Å². The van der Waals surface area contributed by atoms with Crippen LogP contribution >= 0.6 is 0 Å². The van der Waals surface area contributed by atoms with Crippen LogP contribution in [0.25, 0.3) is 10.9 Å². The van der Waals surface area contributed by atoms with Crippen molar-refractivity contribution in [3.05, 3.63) is 59.8 Å². The molecule has 0 aliphatic carbocycles. The first kappa shape index (κ1) is 20.5. The molecular formula is C25H31N3O2. The van der Waals surface area contributed by atoms with E-state index in [1.165, 1.54) is 16.5 Å². The maximum Gasteiger partial charge on any atom is 0.137 e. The van der Waals surface area contributed by atoms with E-state index in [1.54, 1.807) is 7.11 Å². The maximum absolute atomic E-state index is 13.4. The zero-order chi connectivity index (χ0) is 21.1. The van der Waals surface area contributed by atoms with E-state index in [-0.39, 0.29) is 11.8 Å². The van der Waals surface area contributed by atoms with Gasteiger partial charge in [0.2, 0.25) is 0 Å². The van der Waals surface area contributed by atoms with Gasteiger partial charge in [0, 0.05) is 60.2 Å². The Morgan fingerprint density at radius 1 is 1.23 bits per heavy atom. The van der Waals surface area contributed by atoms with E-state index in [0.29, 0.717) is 12.2 Å². The smallest absolute Gasteiger partial charge is 0.137 e. The fraction of sp³-hybridized carbons (Fsp3) is 0.400. The highest BCUT2D eigenvalue weighted by Gasteiger charge is 2.27. The molecule has 2 heterocycles. The molecule has 0 radical (unpaired) electrons. The van der Waals surface area contributed by atoms with Gasteiger partial charge in [-0.15, -0.1) is 0 Å². The fourth-order valence-electron chi connectivity index (χ4n) is 4.60. The minimum atomic E-state index is 0.0435. The number of aromatic nitrogens is 1. The Kier molecular flexibility index (Phi) is 6.09. The van der Waals surface area contributed by atoms with Crippen molar-refractivity contribution < 1.29 is 9.53 Å². The van der Waals surface area contributed by atoms with E-state index in [0.717, 1.165) is 42.9 Å². The van der Waals surface area contributed by atoms with Crippen molar-refractivity contribution in [2.45, 2.75) is 25.2 Å². The highest BCUT2D eigenvalue weighted by Crippen LogP contribution is 2.33. The van der Waals surface area contributed by atoms with Gasteiger partial charge in [-0.25, -0.2) is 0 Å². The number of nitrogens with zero attached hydrogens (tertiary/aromatic N) is 1. The number of hydrogen-bond donors (Lipinski definition) is 2. The largest absolute Gasteiger partial charge is 0.497 e. The molecule has 158 valence electrons. The number of fused-ring (bicyclic) bond motifs is 2. The monoisotopic (exact) mass is 405 g/mol. The summed E-state index contributed by atoms with van der Waals surface area (Å²) in [5.74, 6) is 1.42. The lowest BCUT2D eigenvalue weighted by molar-refractivity contribution is -0.123. The van der Waals surface area contributed by atoms with Crippen molar-refractivity contribution >= 4 is 22.4 Å². The molecule has 0 saturated heterocycles. The topological polar surface area (TPSA) is 57.4 Å². The summed E-state index contributed by atoms with van der Waals surface area (Å²) in [6.45, 7) is 1.66. The summed E-state index contributed by atoms with van der Waals surface area (Å²) in [6.07, 6.45) is 4.30. The second kappa shape index (κ2) is 8.92. The fourth-order valence-corrected chi connectivity index (χ4v) is 4.60. The normalized spacial score (nSPS) is 17.3. The average molecular weight is 406 g/mol. The molecule has 30 heavy (non-hydrogen) atoms. The van der Waals surface area contributed by atoms with Crippen LogP contribution in [0.4, 0.5) is 5.69 Å². The van der Waals surface area contributed by atoms with Crippen LogP contribution in [0.5, 0.6) is 5.75 Å². The van der Waals surface area contributed by atoms with Gasteiger partial charge in [0.05, 0.1) is 7.11 Å². The molecule has 4 rings (SSSR count). The summed E-state index contributed by atoms with van der Waals surface area (Å²) >= 11 is 0. The minimum Gasteiger partial charge on any atom is -0.497 e. The van der Waals surface area contributed by atoms with Crippen LogP contribution in [0.15, 0.2) is 48.7 Å². The number of Topliss-reactive ketones (excluding diaryl/α,β-unsaturated/α-hetero) is 1. The summed E-state index contributed by atoms with van der Waals surface area (Å²) in [6, 6.07) is 14.4. The Hall–Kier alpha value is -2.79. The Balaban J connectivity index is 1.55. The number of aromatic amines is 1. The molecule has 5 nitrogen and oxygen atoms in total. The Labute approximate surface area is 178 Å². The SMILES string of the molecule is COc1ccc2c(c1)NCCC(C(=O)CC(CN(C)C)c1c[nH]c3ccccc13)C2. The van der Waals surface area contributed by atoms with E-state index >= 15 is 0 Å². The molecule has 0 bridgehead atoms. The number of ether oxygens (including phenoxy) is 1. The second-order valence-electron chi connectivity index (χ2n) is 8.56. The van der Waals surface area contributed by atoms with Crippen molar-refractivity contribution in [3.8, 4) is 5.75 Å². The number of anilines is 1. The number of ketones is 1. The van der Waals surface area contributed by atoms with Gasteiger partial charge in [-0.2, -0.15) is 0 Å². The predicted molar refractivity (Wildman–Crippen MR) is 123 cm³/mol. The van der Waals surface area contributed by atoms with E-state index in [9.17, 15) is 4.79 Å². The Bertz CT molecular complexity index is 1020. The third-order valence-corrected chi connectivity index (χ3v) is 6.14. The lowest BCUT2D eigenvalue weighted by Gasteiger charge is -2.23. The summed E-state index contributed by atoms with van der Waals surface area (Å²) in [7, 11) is 5.83. The van der Waals surface area contributed by atoms with Gasteiger partial charge in [0.15, 0.2) is 0 Å². The lowest BCUT2D eigenvalue weighted by atomic mass is 9.85. The number of likely N-dealkylation sites (N-methyl/N-ethyl adjacent to an activating group) is 1. The number of carbonyl (C=O) groups is 1. The summed E-state index contributed by atoms with van der Waals surface area (Å²) < 4.78 is 5.35. The molecule has 0 saturated carbocycles. The van der Waals surface area contributed by atoms with Gasteiger partial charge >= 0.3 is 0 Å². The average Bonchev–Trinajstić information content (AvgIpc) is 3.05. The number of para-hydroxylation sites is 1. The molecule has 1 aliphatic rings. The van der Waals surface area contributed by atoms with E-state index in [2.05, 4.69) is 59.8 Å². The number of hydrogen-bond acceptors (Lipinski definition) is 4. The highest BCUT2D eigenvalue weighted by atomic mass is 16.5. The van der Waals surface area contributed by atoms with Crippen LogP contribution in [0.2, 0.25) is 0 Å². The quantitative estimate of drug-likeness (QED) is 0.610. The molecular weight excluding hydrogens is 374 g/mol. The van der Waals surface area contributed by atoms with Crippen molar-refractivity contribution in [1.29, 1.82) is 0 Å². The number of rotatable bonds is 7. The molecule has 2 N–H and O–H groups in total. The number of nitrogens with one attached hydrogen (secondary N) is 2. The van der Waals surface area contributed by atoms with Crippen LogP contribution in [-0.2, 0) is 11.2 Å². The first-order valence-electron chi connectivity index (χ1n) is 10.7. The molecule has 2 atom stereocenters. The molecule has 1 aromatic heterocycles. The van der Waals surface area contributed by atoms with Crippen LogP contribution in [-0.4, -0.2) is 50.0 Å². The van der Waals surface area contributed by atoms with Gasteiger partial charge in [-0.05, 0) is 50.2 Å². The molecule has 2 unspecified atom stereocenters. The van der Waals surface area contributed by atoms with Crippen molar-refractivity contribution in [2.24, 2.45) is 5.92 Å². The maximum atomic E-state index is 13.4. The Morgan fingerprint density at radius 3 is 2.87 bits per heavy atom. The van der Waals surface area contributed by atoms with Crippen LogP contribution < -0.4 is 10.1 Å². The minimum absolute atomic E-state index is 0.0435. The second-order valence-corrected chi connectivity index (χ2v) is 8.56. The molecule has 1 aliphatic heterocycles. The van der Waals surface area contributed by atoms with Gasteiger partial charge in [-0.3, -0.25) is 4.79 Å². The van der Waals surface area contributed by atoms with Gasteiger partial charge in [0.1, 0.15) is 11.5 Å². The molecule has 0 spiro atoms. The molecule has 0 amide bonds. The van der Waals surface area contributed by atoms with Gasteiger partial charge in [-0.1, -0.05) is 24.3 Å². The number of H-pyrrole nitrogens is 1. The van der Waals surface area contributed by atoms with Crippen LogP contribution in [0.1, 0.15) is 29.9 Å². The Morgan fingerprint density at radius 2 is 2.07 bits per heavy atom. The zero-order valence-electron chi connectivity index (χ0n) is 18.1. The molecule has 0 fully saturated rings. The number of carbonyl (C=O) groups excluding carboxylic acids is 1. The van der Waals surface area contributed by atoms with Crippen molar-refractivity contribution in [2.75, 3.05) is 39.6 Å². The van der Waals surface area contributed by atoms with Gasteiger partial charge in [0.25, 0.3) is 0 Å². The highest BCUT2D eigenvalue weighted by molar-refractivity contribution is 5.86. The van der Waals surface area contributed by atoms with Gasteiger partial charge < -0.3 is 19.9 Å². The third-order valence-electron chi connectivity index (χ3n) is 6.14. The number of methoxy groups -OCH3 is 1. The first-order valence-corrected chi connectivity index (χ1v) is 10.7. The summed E-state index contributed by atoms with van der Waals surface area (Å²) in [5, 5.41) is 4.70. The number of benzene rings is 2. The van der Waals surface area contributed by atoms with E-state index in [1.807, 2.05) is 18.2 Å². The van der Waals surface area contributed by atoms with E-state index in [4.69, 9.17) is 4.74 Å².